The summed E-state index contributed by atoms with van der Waals surface area (Å²) in [5.41, 5.74) is 1.95. The first-order valence-corrected chi connectivity index (χ1v) is 10.5. The summed E-state index contributed by atoms with van der Waals surface area (Å²) in [4.78, 5) is 35.4. The van der Waals surface area contributed by atoms with Crippen LogP contribution in [-0.2, 0) is 16.1 Å². The van der Waals surface area contributed by atoms with Gasteiger partial charge in [0.05, 0.1) is 18.2 Å². The molecule has 0 spiro atoms. The number of pyridine rings is 1. The zero-order chi connectivity index (χ0) is 20.5. The van der Waals surface area contributed by atoms with Gasteiger partial charge < -0.3 is 14.7 Å². The highest BCUT2D eigenvalue weighted by Gasteiger charge is 2.39. The topological polar surface area (TPSA) is 74.6 Å². The van der Waals surface area contributed by atoms with E-state index in [9.17, 15) is 9.59 Å². The number of amides is 2. The summed E-state index contributed by atoms with van der Waals surface area (Å²) in [6.45, 7) is 6.27. The van der Waals surface area contributed by atoms with E-state index in [0.717, 1.165) is 42.8 Å². The van der Waals surface area contributed by atoms with Gasteiger partial charge in [-0.25, -0.2) is 9.67 Å². The largest absolute Gasteiger partial charge is 0.342 e. The fraction of sp³-hybridized carbons (Fsp3) is 0.619. The van der Waals surface area contributed by atoms with E-state index in [-0.39, 0.29) is 23.7 Å². The summed E-state index contributed by atoms with van der Waals surface area (Å²) in [6, 6.07) is 4.03. The van der Waals surface area contributed by atoms with E-state index in [1.165, 1.54) is 0 Å². The molecular weight excluding hydrogens is 368 g/mol. The third-order valence-corrected chi connectivity index (χ3v) is 6.13. The van der Waals surface area contributed by atoms with E-state index >= 15 is 0 Å². The average Bonchev–Trinajstić information content (AvgIpc) is 3.42. The van der Waals surface area contributed by atoms with Crippen molar-refractivity contribution in [3.8, 4) is 0 Å². The number of hydrogen-bond acceptors (Lipinski definition) is 5. The van der Waals surface area contributed by atoms with Crippen LogP contribution in [0.3, 0.4) is 0 Å². The molecule has 0 aliphatic carbocycles. The molecule has 0 bridgehead atoms. The number of carbonyl (C=O) groups excluding carboxylic acids is 2. The fourth-order valence-corrected chi connectivity index (χ4v) is 4.47. The zero-order valence-corrected chi connectivity index (χ0v) is 17.5. The van der Waals surface area contributed by atoms with Crippen LogP contribution < -0.4 is 0 Å². The van der Waals surface area contributed by atoms with Gasteiger partial charge in [0, 0.05) is 56.6 Å². The minimum atomic E-state index is -0.197. The molecule has 0 N–H and O–H groups in total. The van der Waals surface area contributed by atoms with Crippen molar-refractivity contribution in [3.63, 3.8) is 0 Å². The van der Waals surface area contributed by atoms with Crippen LogP contribution >= 0.6 is 0 Å². The summed E-state index contributed by atoms with van der Waals surface area (Å²) in [5.74, 6) is 0.229. The van der Waals surface area contributed by atoms with Gasteiger partial charge in [0.25, 0.3) is 0 Å². The Balaban J connectivity index is 1.50. The van der Waals surface area contributed by atoms with Gasteiger partial charge in [-0.2, -0.15) is 5.10 Å². The van der Waals surface area contributed by atoms with Crippen LogP contribution in [0.5, 0.6) is 0 Å². The second kappa shape index (κ2) is 8.10. The Labute approximate surface area is 171 Å². The standard InChI is InChI=1S/C21H30N6O2/c1-4-25-14-16(12-18(25)28)21(29)26-9-7-15(13-26)19-17-6-5-8-22-20(17)27(23-19)11-10-24(2)3/h5-6,8,15-16H,4,7,9-14H2,1-3H3/t15-,16+/m1/s1. The predicted octanol–water partition coefficient (Wildman–Crippen LogP) is 1.18. The van der Waals surface area contributed by atoms with Crippen LogP contribution in [0.4, 0.5) is 0 Å². The average molecular weight is 399 g/mol. The third kappa shape index (κ3) is 3.85. The molecule has 2 atom stereocenters. The lowest BCUT2D eigenvalue weighted by molar-refractivity contribution is -0.134. The highest BCUT2D eigenvalue weighted by atomic mass is 16.2. The van der Waals surface area contributed by atoms with Crippen molar-refractivity contribution < 1.29 is 9.59 Å². The Kier molecular flexibility index (Phi) is 5.54. The lowest BCUT2D eigenvalue weighted by atomic mass is 10.0. The minimum Gasteiger partial charge on any atom is -0.342 e. The highest BCUT2D eigenvalue weighted by molar-refractivity contribution is 5.89. The van der Waals surface area contributed by atoms with Gasteiger partial charge in [0.2, 0.25) is 11.8 Å². The highest BCUT2D eigenvalue weighted by Crippen LogP contribution is 2.33. The Hall–Kier alpha value is -2.48. The first kappa shape index (κ1) is 19.8. The van der Waals surface area contributed by atoms with E-state index < -0.39 is 0 Å². The molecule has 2 saturated heterocycles. The normalized spacial score (nSPS) is 22.4. The van der Waals surface area contributed by atoms with Gasteiger partial charge in [-0.05, 0) is 39.6 Å². The molecule has 8 nitrogen and oxygen atoms in total. The Morgan fingerprint density at radius 2 is 2.14 bits per heavy atom. The summed E-state index contributed by atoms with van der Waals surface area (Å²) in [7, 11) is 4.10. The number of carbonyl (C=O) groups is 2. The summed E-state index contributed by atoms with van der Waals surface area (Å²) in [5, 5.41) is 5.98. The van der Waals surface area contributed by atoms with Crippen molar-refractivity contribution >= 4 is 22.8 Å². The number of likely N-dealkylation sites (N-methyl/N-ethyl adjacent to an activating group) is 1. The number of likely N-dealkylation sites (tertiary alicyclic amines) is 2. The van der Waals surface area contributed by atoms with E-state index in [0.29, 0.717) is 26.1 Å². The molecule has 0 aromatic carbocycles. The molecule has 2 aromatic heterocycles. The summed E-state index contributed by atoms with van der Waals surface area (Å²) in [6.07, 6.45) is 3.06. The van der Waals surface area contributed by atoms with Crippen molar-refractivity contribution in [2.24, 2.45) is 5.92 Å². The van der Waals surface area contributed by atoms with Crippen LogP contribution in [0.2, 0.25) is 0 Å². The van der Waals surface area contributed by atoms with Gasteiger partial charge in [-0.1, -0.05) is 0 Å². The van der Waals surface area contributed by atoms with E-state index in [1.54, 1.807) is 11.1 Å². The molecule has 29 heavy (non-hydrogen) atoms. The minimum absolute atomic E-state index is 0.0956. The van der Waals surface area contributed by atoms with Gasteiger partial charge in [-0.15, -0.1) is 0 Å². The van der Waals surface area contributed by atoms with Gasteiger partial charge >= 0.3 is 0 Å². The fourth-order valence-electron chi connectivity index (χ4n) is 4.47. The van der Waals surface area contributed by atoms with Crippen LogP contribution in [0, 0.1) is 5.92 Å². The molecule has 2 aromatic rings. The number of rotatable bonds is 6. The molecule has 0 saturated carbocycles. The van der Waals surface area contributed by atoms with Crippen LogP contribution in [0.25, 0.3) is 11.0 Å². The van der Waals surface area contributed by atoms with E-state index in [4.69, 9.17) is 5.10 Å². The first-order chi connectivity index (χ1) is 14.0. The maximum Gasteiger partial charge on any atom is 0.228 e. The zero-order valence-electron chi connectivity index (χ0n) is 17.5. The number of aromatic nitrogens is 3. The number of nitrogens with zero attached hydrogens (tertiary/aromatic N) is 6. The molecule has 0 radical (unpaired) electrons. The second-order valence-electron chi connectivity index (χ2n) is 8.39. The van der Waals surface area contributed by atoms with Crippen molar-refractivity contribution in [1.29, 1.82) is 0 Å². The molecular formula is C21H30N6O2. The molecule has 2 fully saturated rings. The molecule has 2 aliphatic rings. The monoisotopic (exact) mass is 398 g/mol. The Bertz CT molecular complexity index is 908. The van der Waals surface area contributed by atoms with Gasteiger partial charge in [0.15, 0.2) is 5.65 Å². The predicted molar refractivity (Wildman–Crippen MR) is 110 cm³/mol. The molecule has 2 aliphatic heterocycles. The lowest BCUT2D eigenvalue weighted by Crippen LogP contribution is -2.35. The Morgan fingerprint density at radius 3 is 2.86 bits per heavy atom. The first-order valence-electron chi connectivity index (χ1n) is 10.5. The molecule has 2 amide bonds. The number of fused-ring (bicyclic) bond motifs is 1. The summed E-state index contributed by atoms with van der Waals surface area (Å²) < 4.78 is 1.99. The van der Waals surface area contributed by atoms with Crippen molar-refractivity contribution in [3.05, 3.63) is 24.0 Å². The maximum absolute atomic E-state index is 13.0. The van der Waals surface area contributed by atoms with E-state index in [1.807, 2.05) is 36.7 Å². The van der Waals surface area contributed by atoms with Gasteiger partial charge in [-0.3, -0.25) is 9.59 Å². The quantitative estimate of drug-likeness (QED) is 0.730. The molecule has 8 heteroatoms. The van der Waals surface area contributed by atoms with Crippen molar-refractivity contribution in [1.82, 2.24) is 29.5 Å². The van der Waals surface area contributed by atoms with Crippen LogP contribution in [0.15, 0.2) is 18.3 Å². The van der Waals surface area contributed by atoms with Crippen LogP contribution in [-0.4, -0.2) is 88.1 Å². The lowest BCUT2D eigenvalue weighted by Gasteiger charge is -2.20. The van der Waals surface area contributed by atoms with Crippen molar-refractivity contribution in [2.45, 2.75) is 32.2 Å². The number of hydrogen-bond donors (Lipinski definition) is 0. The van der Waals surface area contributed by atoms with Gasteiger partial charge in [0.1, 0.15) is 0 Å². The third-order valence-electron chi connectivity index (χ3n) is 6.13. The Morgan fingerprint density at radius 1 is 1.31 bits per heavy atom. The smallest absolute Gasteiger partial charge is 0.228 e. The molecule has 4 rings (SSSR count). The summed E-state index contributed by atoms with van der Waals surface area (Å²) >= 11 is 0. The van der Waals surface area contributed by atoms with Crippen LogP contribution in [0.1, 0.15) is 31.4 Å². The van der Waals surface area contributed by atoms with E-state index in [2.05, 4.69) is 16.0 Å². The molecule has 4 heterocycles. The molecule has 0 unspecified atom stereocenters. The van der Waals surface area contributed by atoms with Crippen molar-refractivity contribution in [2.75, 3.05) is 46.8 Å². The SMILES string of the molecule is CCN1C[C@@H](C(=O)N2CC[C@@H](c3nn(CCN(C)C)c4ncccc34)C2)CC1=O. The second-order valence-corrected chi connectivity index (χ2v) is 8.39. The molecule has 156 valence electrons. The maximum atomic E-state index is 13.0.